The Balaban J connectivity index is 1.96. The summed E-state index contributed by atoms with van der Waals surface area (Å²) in [4.78, 5) is 0. The second kappa shape index (κ2) is 5.69. The number of aromatic nitrogens is 4. The molecule has 0 aliphatic carbocycles. The van der Waals surface area contributed by atoms with Gasteiger partial charge >= 0.3 is 0 Å². The number of nitrogens with zero attached hydrogens (tertiary/aromatic N) is 3. The van der Waals surface area contributed by atoms with Gasteiger partial charge in [-0.3, -0.25) is 0 Å². The highest BCUT2D eigenvalue weighted by molar-refractivity contribution is 4.84. The Bertz CT molecular complexity index is 183. The van der Waals surface area contributed by atoms with Crippen molar-refractivity contribution in [3.63, 3.8) is 0 Å². The molecule has 0 fully saturated rings. The van der Waals surface area contributed by atoms with Crippen molar-refractivity contribution in [3.05, 3.63) is 12.2 Å². The predicted octanol–water partition coefficient (Wildman–Crippen LogP) is 1.53. The Morgan fingerprint density at radius 2 is 2.33 bits per heavy atom. The second-order valence-corrected chi connectivity index (χ2v) is 2.84. The standard InChI is InChI=1S/C8H15N4/c1-2-3-4-5-6-7-8-9-11-12-10-8/h6H,2-5,7H2,1H3,(H,9,10,11,12). The predicted molar refractivity (Wildman–Crippen MR) is 46.3 cm³/mol. The summed E-state index contributed by atoms with van der Waals surface area (Å²) < 4.78 is 0. The molecule has 0 aromatic carbocycles. The van der Waals surface area contributed by atoms with Crippen LogP contribution in [0.2, 0.25) is 0 Å². The van der Waals surface area contributed by atoms with Crippen molar-refractivity contribution in [3.8, 4) is 0 Å². The molecule has 0 amide bonds. The molecule has 1 heterocycles. The summed E-state index contributed by atoms with van der Waals surface area (Å²) in [6.45, 7) is 2.21. The molecule has 12 heavy (non-hydrogen) atoms. The largest absolute Gasteiger partial charge is 0.243 e. The topological polar surface area (TPSA) is 54.5 Å². The molecule has 0 spiro atoms. The summed E-state index contributed by atoms with van der Waals surface area (Å²) >= 11 is 0. The Morgan fingerprint density at radius 3 is 3.00 bits per heavy atom. The molecule has 0 bridgehead atoms. The SMILES string of the molecule is CCCCC[CH]Cc1nnn[nH]1. The monoisotopic (exact) mass is 167 g/mol. The molecule has 67 valence electrons. The van der Waals surface area contributed by atoms with Crippen LogP contribution in [-0.4, -0.2) is 20.6 Å². The van der Waals surface area contributed by atoms with Crippen LogP contribution in [0.4, 0.5) is 0 Å². The summed E-state index contributed by atoms with van der Waals surface area (Å²) in [5.41, 5.74) is 0. The van der Waals surface area contributed by atoms with Crippen LogP contribution in [0.1, 0.15) is 38.4 Å². The first-order chi connectivity index (χ1) is 5.93. The van der Waals surface area contributed by atoms with Crippen molar-refractivity contribution < 1.29 is 0 Å². The van der Waals surface area contributed by atoms with Crippen LogP contribution >= 0.6 is 0 Å². The minimum atomic E-state index is 0.853. The highest BCUT2D eigenvalue weighted by Gasteiger charge is 1.95. The van der Waals surface area contributed by atoms with E-state index in [4.69, 9.17) is 0 Å². The molecular weight excluding hydrogens is 152 g/mol. The zero-order valence-corrected chi connectivity index (χ0v) is 7.45. The van der Waals surface area contributed by atoms with Gasteiger partial charge in [0, 0.05) is 6.42 Å². The second-order valence-electron chi connectivity index (χ2n) is 2.84. The Hall–Kier alpha value is -0.930. The van der Waals surface area contributed by atoms with E-state index in [-0.39, 0.29) is 0 Å². The summed E-state index contributed by atoms with van der Waals surface area (Å²) in [6, 6.07) is 0. The van der Waals surface area contributed by atoms with E-state index >= 15 is 0 Å². The average molecular weight is 167 g/mol. The van der Waals surface area contributed by atoms with E-state index in [9.17, 15) is 0 Å². The molecule has 0 saturated carbocycles. The molecule has 0 unspecified atom stereocenters. The molecule has 1 aromatic rings. The maximum Gasteiger partial charge on any atom is 0.148 e. The average Bonchev–Trinajstić information content (AvgIpc) is 2.57. The molecule has 0 saturated heterocycles. The Kier molecular flexibility index (Phi) is 4.34. The number of aromatic amines is 1. The minimum Gasteiger partial charge on any atom is -0.243 e. The van der Waals surface area contributed by atoms with Gasteiger partial charge in [-0.2, -0.15) is 0 Å². The molecular formula is C8H15N4. The van der Waals surface area contributed by atoms with Gasteiger partial charge in [-0.05, 0) is 23.3 Å². The lowest BCUT2D eigenvalue weighted by Gasteiger charge is -1.95. The van der Waals surface area contributed by atoms with Gasteiger partial charge in [0.1, 0.15) is 5.82 Å². The Labute approximate surface area is 72.8 Å². The van der Waals surface area contributed by atoms with Crippen LogP contribution in [-0.2, 0) is 6.42 Å². The molecule has 1 N–H and O–H groups in total. The molecule has 1 aromatic heterocycles. The van der Waals surface area contributed by atoms with Crippen LogP contribution in [0.3, 0.4) is 0 Å². The van der Waals surface area contributed by atoms with Crippen molar-refractivity contribution in [2.45, 2.75) is 39.0 Å². The highest BCUT2D eigenvalue weighted by atomic mass is 15.5. The molecule has 4 nitrogen and oxygen atoms in total. The normalized spacial score (nSPS) is 10.4. The van der Waals surface area contributed by atoms with Crippen molar-refractivity contribution in [1.82, 2.24) is 20.6 Å². The zero-order valence-electron chi connectivity index (χ0n) is 7.45. The van der Waals surface area contributed by atoms with Gasteiger partial charge in [0.2, 0.25) is 0 Å². The summed E-state index contributed by atoms with van der Waals surface area (Å²) in [6.07, 6.45) is 8.10. The van der Waals surface area contributed by atoms with Gasteiger partial charge in [-0.25, -0.2) is 5.10 Å². The van der Waals surface area contributed by atoms with E-state index in [1.54, 1.807) is 0 Å². The van der Waals surface area contributed by atoms with Crippen molar-refractivity contribution in [2.24, 2.45) is 0 Å². The molecule has 4 heteroatoms. The summed E-state index contributed by atoms with van der Waals surface area (Å²) in [7, 11) is 0. The smallest absolute Gasteiger partial charge is 0.148 e. The lowest BCUT2D eigenvalue weighted by molar-refractivity contribution is 0.697. The third-order valence-corrected chi connectivity index (χ3v) is 1.74. The van der Waals surface area contributed by atoms with E-state index in [0.29, 0.717) is 0 Å². The fourth-order valence-electron chi connectivity index (χ4n) is 1.04. The molecule has 1 radical (unpaired) electrons. The van der Waals surface area contributed by atoms with Gasteiger partial charge in [0.25, 0.3) is 0 Å². The fourth-order valence-corrected chi connectivity index (χ4v) is 1.04. The lowest BCUT2D eigenvalue weighted by atomic mass is 10.1. The van der Waals surface area contributed by atoms with Gasteiger partial charge in [0.15, 0.2) is 0 Å². The highest BCUT2D eigenvalue weighted by Crippen LogP contribution is 2.03. The summed E-state index contributed by atoms with van der Waals surface area (Å²) in [5, 5.41) is 13.5. The first kappa shape index (κ1) is 9.16. The maximum absolute atomic E-state index is 3.79. The van der Waals surface area contributed by atoms with Gasteiger partial charge < -0.3 is 0 Å². The first-order valence-corrected chi connectivity index (χ1v) is 4.47. The van der Waals surface area contributed by atoms with E-state index < -0.39 is 0 Å². The van der Waals surface area contributed by atoms with Crippen molar-refractivity contribution in [1.29, 1.82) is 0 Å². The molecule has 0 aliphatic rings. The number of H-pyrrole nitrogens is 1. The van der Waals surface area contributed by atoms with Crippen LogP contribution < -0.4 is 0 Å². The van der Waals surface area contributed by atoms with E-state index in [1.807, 2.05) is 0 Å². The quantitative estimate of drug-likeness (QED) is 0.653. The van der Waals surface area contributed by atoms with Gasteiger partial charge in [-0.1, -0.05) is 26.2 Å². The van der Waals surface area contributed by atoms with Crippen LogP contribution in [0.15, 0.2) is 0 Å². The third kappa shape index (κ3) is 3.46. The third-order valence-electron chi connectivity index (χ3n) is 1.74. The number of unbranched alkanes of at least 4 members (excludes halogenated alkanes) is 4. The van der Waals surface area contributed by atoms with Crippen LogP contribution in [0, 0.1) is 6.42 Å². The van der Waals surface area contributed by atoms with Crippen molar-refractivity contribution >= 4 is 0 Å². The number of hydrogen-bond acceptors (Lipinski definition) is 3. The molecule has 0 atom stereocenters. The van der Waals surface area contributed by atoms with E-state index in [1.165, 1.54) is 19.3 Å². The Morgan fingerprint density at radius 1 is 1.42 bits per heavy atom. The molecule has 1 rings (SSSR count). The number of nitrogens with one attached hydrogen (secondary N) is 1. The minimum absolute atomic E-state index is 0.853. The number of rotatable bonds is 6. The van der Waals surface area contributed by atoms with Crippen LogP contribution in [0.25, 0.3) is 0 Å². The number of tetrazole rings is 1. The zero-order chi connectivity index (χ0) is 8.65. The van der Waals surface area contributed by atoms with E-state index in [2.05, 4.69) is 34.0 Å². The molecule has 0 aliphatic heterocycles. The fraction of sp³-hybridized carbons (Fsp3) is 0.750. The lowest BCUT2D eigenvalue weighted by Crippen LogP contribution is -1.89. The van der Waals surface area contributed by atoms with Gasteiger partial charge in [0.05, 0.1) is 0 Å². The first-order valence-electron chi connectivity index (χ1n) is 4.47. The number of hydrogen-bond donors (Lipinski definition) is 1. The summed E-state index contributed by atoms with van der Waals surface area (Å²) in [5.74, 6) is 0.853. The van der Waals surface area contributed by atoms with E-state index in [0.717, 1.165) is 18.7 Å². The maximum atomic E-state index is 3.79. The van der Waals surface area contributed by atoms with Crippen LogP contribution in [0.5, 0.6) is 0 Å². The van der Waals surface area contributed by atoms with Crippen molar-refractivity contribution in [2.75, 3.05) is 0 Å². The van der Waals surface area contributed by atoms with Gasteiger partial charge in [-0.15, -0.1) is 5.10 Å².